The fourth-order valence-corrected chi connectivity index (χ4v) is 2.28. The summed E-state index contributed by atoms with van der Waals surface area (Å²) in [5.74, 6) is 1.36. The highest BCUT2D eigenvalue weighted by Gasteiger charge is 2.05. The van der Waals surface area contributed by atoms with Gasteiger partial charge in [0.2, 0.25) is 0 Å². The van der Waals surface area contributed by atoms with Crippen molar-refractivity contribution in [3.05, 3.63) is 77.9 Å². The monoisotopic (exact) mass is 312 g/mol. The Balaban J connectivity index is 1.81. The third-order valence-electron chi connectivity index (χ3n) is 3.52. The largest absolute Gasteiger partial charge is 0.508 e. The van der Waals surface area contributed by atoms with E-state index in [0.717, 1.165) is 11.1 Å². The minimum absolute atomic E-state index is 0.229. The molecule has 0 amide bonds. The van der Waals surface area contributed by atoms with Gasteiger partial charge in [-0.25, -0.2) is 0 Å². The van der Waals surface area contributed by atoms with Crippen LogP contribution >= 0.6 is 0 Å². The summed E-state index contributed by atoms with van der Waals surface area (Å²) in [6, 6.07) is 23.2. The van der Waals surface area contributed by atoms with E-state index >= 15 is 0 Å². The molecule has 3 aromatic rings. The van der Waals surface area contributed by atoms with E-state index in [0.29, 0.717) is 17.1 Å². The lowest BCUT2D eigenvalue weighted by Gasteiger charge is -2.08. The highest BCUT2D eigenvalue weighted by atomic mass is 16.5. The summed E-state index contributed by atoms with van der Waals surface area (Å²) < 4.78 is 5.73. The molecule has 0 atom stereocenters. The molecule has 0 aromatic heterocycles. The van der Waals surface area contributed by atoms with Gasteiger partial charge in [0.15, 0.2) is 0 Å². The van der Waals surface area contributed by atoms with Crippen LogP contribution in [-0.4, -0.2) is 5.11 Å². The maximum atomic E-state index is 9.33. The number of hydrogen-bond acceptors (Lipinski definition) is 4. The first kappa shape index (κ1) is 15.1. The lowest BCUT2D eigenvalue weighted by molar-refractivity contribution is 0.475. The number of ether oxygens (including phenoxy) is 1. The van der Waals surface area contributed by atoms with Crippen molar-refractivity contribution in [2.45, 2.75) is 0 Å². The Kier molecular flexibility index (Phi) is 4.14. The molecule has 0 saturated heterocycles. The van der Waals surface area contributed by atoms with Gasteiger partial charge in [0.25, 0.3) is 0 Å². The lowest BCUT2D eigenvalue weighted by atomic mass is 10.1. The van der Waals surface area contributed by atoms with Crippen LogP contribution in [0.3, 0.4) is 0 Å². The molecule has 4 nitrogen and oxygen atoms in total. The predicted octanol–water partition coefficient (Wildman–Crippen LogP) is 4.59. The number of aromatic hydroxyl groups is 1. The van der Waals surface area contributed by atoms with Gasteiger partial charge in [-0.3, -0.25) is 0 Å². The minimum Gasteiger partial charge on any atom is -0.508 e. The quantitative estimate of drug-likeness (QED) is 0.767. The van der Waals surface area contributed by atoms with Crippen LogP contribution in [0.5, 0.6) is 17.2 Å². The van der Waals surface area contributed by atoms with Crippen molar-refractivity contribution in [3.8, 4) is 40.5 Å². The fraction of sp³-hybridized carbons (Fsp3) is 0. The van der Waals surface area contributed by atoms with Crippen molar-refractivity contribution < 1.29 is 9.84 Å². The molecule has 0 unspecified atom stereocenters. The Labute approximate surface area is 139 Å². The molecule has 3 rings (SSSR count). The van der Waals surface area contributed by atoms with Crippen molar-refractivity contribution in [2.24, 2.45) is 0 Å². The van der Waals surface area contributed by atoms with Gasteiger partial charge in [0, 0.05) is 0 Å². The smallest absolute Gasteiger partial charge is 0.128 e. The highest BCUT2D eigenvalue weighted by molar-refractivity contribution is 5.65. The van der Waals surface area contributed by atoms with Gasteiger partial charge in [-0.15, -0.1) is 0 Å². The Morgan fingerprint density at radius 3 is 1.79 bits per heavy atom. The van der Waals surface area contributed by atoms with Crippen molar-refractivity contribution in [3.63, 3.8) is 0 Å². The van der Waals surface area contributed by atoms with E-state index in [-0.39, 0.29) is 11.3 Å². The Morgan fingerprint density at radius 1 is 0.667 bits per heavy atom. The lowest BCUT2D eigenvalue weighted by Crippen LogP contribution is -1.88. The molecule has 0 radical (unpaired) electrons. The Bertz CT molecular complexity index is 947. The minimum atomic E-state index is 0.229. The van der Waals surface area contributed by atoms with Crippen LogP contribution in [0.15, 0.2) is 66.7 Å². The molecule has 0 aliphatic rings. The van der Waals surface area contributed by atoms with Gasteiger partial charge in [-0.2, -0.15) is 10.5 Å². The number of hydrogen-bond donors (Lipinski definition) is 1. The average Bonchev–Trinajstić information content (AvgIpc) is 2.63. The molecule has 0 aliphatic carbocycles. The van der Waals surface area contributed by atoms with Gasteiger partial charge in [-0.05, 0) is 53.6 Å². The molecule has 0 spiro atoms. The van der Waals surface area contributed by atoms with E-state index in [1.54, 1.807) is 30.3 Å². The summed E-state index contributed by atoms with van der Waals surface area (Å²) in [6.45, 7) is 0. The summed E-state index contributed by atoms with van der Waals surface area (Å²) >= 11 is 0. The first-order chi connectivity index (χ1) is 11.7. The Morgan fingerprint density at radius 2 is 1.21 bits per heavy atom. The summed E-state index contributed by atoms with van der Waals surface area (Å²) in [4.78, 5) is 0. The zero-order valence-corrected chi connectivity index (χ0v) is 12.6. The SMILES string of the molecule is N#Cc1ccc(Oc2ccc(-c3ccc(O)cc3)cc2)cc1C#N. The number of phenols is 1. The number of phenolic OH excluding ortho intramolecular Hbond substituents is 1. The standard InChI is InChI=1S/C20H12N2O2/c21-12-16-5-10-20(11-17(16)13-22)24-19-8-3-15(4-9-19)14-1-6-18(23)7-2-14/h1-11,23H. The zero-order valence-electron chi connectivity index (χ0n) is 12.6. The number of nitriles is 2. The molecule has 0 heterocycles. The topological polar surface area (TPSA) is 77.0 Å². The van der Waals surface area contributed by atoms with Crippen LogP contribution in [-0.2, 0) is 0 Å². The summed E-state index contributed by atoms with van der Waals surface area (Å²) in [5.41, 5.74) is 2.60. The molecule has 0 saturated carbocycles. The second kappa shape index (κ2) is 6.56. The molecule has 0 aliphatic heterocycles. The van der Waals surface area contributed by atoms with Crippen LogP contribution in [0.1, 0.15) is 11.1 Å². The van der Waals surface area contributed by atoms with Crippen LogP contribution in [0.4, 0.5) is 0 Å². The van der Waals surface area contributed by atoms with Crippen LogP contribution in [0.25, 0.3) is 11.1 Å². The fourth-order valence-electron chi connectivity index (χ4n) is 2.28. The van der Waals surface area contributed by atoms with Crippen LogP contribution in [0, 0.1) is 22.7 Å². The Hall–Kier alpha value is -3.76. The summed E-state index contributed by atoms with van der Waals surface area (Å²) in [7, 11) is 0. The third kappa shape index (κ3) is 3.19. The number of nitrogens with zero attached hydrogens (tertiary/aromatic N) is 2. The van der Waals surface area contributed by atoms with Gasteiger partial charge >= 0.3 is 0 Å². The van der Waals surface area contributed by atoms with Crippen LogP contribution < -0.4 is 4.74 Å². The molecule has 24 heavy (non-hydrogen) atoms. The van der Waals surface area contributed by atoms with Gasteiger partial charge in [0.1, 0.15) is 29.4 Å². The maximum absolute atomic E-state index is 9.33. The van der Waals surface area contributed by atoms with E-state index in [1.807, 2.05) is 48.5 Å². The van der Waals surface area contributed by atoms with Crippen molar-refractivity contribution in [1.29, 1.82) is 10.5 Å². The first-order valence-corrected chi connectivity index (χ1v) is 7.21. The first-order valence-electron chi connectivity index (χ1n) is 7.21. The van der Waals surface area contributed by atoms with E-state index in [1.165, 1.54) is 0 Å². The average molecular weight is 312 g/mol. The van der Waals surface area contributed by atoms with Gasteiger partial charge in [0.05, 0.1) is 11.1 Å². The molecule has 1 N–H and O–H groups in total. The molecule has 3 aromatic carbocycles. The molecular formula is C20H12N2O2. The van der Waals surface area contributed by atoms with Crippen molar-refractivity contribution in [2.75, 3.05) is 0 Å². The third-order valence-corrected chi connectivity index (χ3v) is 3.52. The predicted molar refractivity (Wildman–Crippen MR) is 89.5 cm³/mol. The number of benzene rings is 3. The van der Waals surface area contributed by atoms with Gasteiger partial charge in [-0.1, -0.05) is 24.3 Å². The van der Waals surface area contributed by atoms with Crippen LogP contribution in [0.2, 0.25) is 0 Å². The van der Waals surface area contributed by atoms with E-state index in [4.69, 9.17) is 15.3 Å². The van der Waals surface area contributed by atoms with Crippen molar-refractivity contribution in [1.82, 2.24) is 0 Å². The van der Waals surface area contributed by atoms with Gasteiger partial charge < -0.3 is 9.84 Å². The molecule has 4 heteroatoms. The maximum Gasteiger partial charge on any atom is 0.128 e. The normalized spacial score (nSPS) is 9.75. The molecule has 114 valence electrons. The molecule has 0 bridgehead atoms. The van der Waals surface area contributed by atoms with E-state index < -0.39 is 0 Å². The zero-order chi connectivity index (χ0) is 16.9. The van der Waals surface area contributed by atoms with E-state index in [2.05, 4.69) is 0 Å². The van der Waals surface area contributed by atoms with E-state index in [9.17, 15) is 5.11 Å². The summed E-state index contributed by atoms with van der Waals surface area (Å²) in [6.07, 6.45) is 0. The second-order valence-electron chi connectivity index (χ2n) is 5.10. The highest BCUT2D eigenvalue weighted by Crippen LogP contribution is 2.27. The summed E-state index contributed by atoms with van der Waals surface area (Å²) in [5, 5.41) is 27.3. The van der Waals surface area contributed by atoms with Crippen molar-refractivity contribution >= 4 is 0 Å². The number of rotatable bonds is 3. The molecular weight excluding hydrogens is 300 g/mol. The molecule has 0 fully saturated rings. The second-order valence-corrected chi connectivity index (χ2v) is 5.10.